The van der Waals surface area contributed by atoms with Gasteiger partial charge in [0.15, 0.2) is 0 Å². The van der Waals surface area contributed by atoms with Crippen LogP contribution in [0.15, 0.2) is 12.4 Å². The lowest BCUT2D eigenvalue weighted by atomic mass is 9.75. The van der Waals surface area contributed by atoms with Crippen LogP contribution >= 0.6 is 0 Å². The largest absolute Gasteiger partial charge is 0.341 e. The molecule has 0 radical (unpaired) electrons. The SMILES string of the molecule is CC1CCN(c2ncc([C@H]3CC[C@H](C(C)C)CC3)cn2)CC1. The zero-order chi connectivity index (χ0) is 15.5. The molecule has 2 aliphatic rings. The molecule has 0 unspecified atom stereocenters. The maximum absolute atomic E-state index is 4.67. The zero-order valence-corrected chi connectivity index (χ0v) is 14.5. The summed E-state index contributed by atoms with van der Waals surface area (Å²) in [6.45, 7) is 9.29. The lowest BCUT2D eigenvalue weighted by molar-refractivity contribution is 0.258. The van der Waals surface area contributed by atoms with Crippen LogP contribution in [-0.2, 0) is 0 Å². The van der Waals surface area contributed by atoms with E-state index in [1.807, 2.05) is 0 Å². The van der Waals surface area contributed by atoms with Crippen molar-refractivity contribution in [1.82, 2.24) is 9.97 Å². The number of hydrogen-bond acceptors (Lipinski definition) is 3. The van der Waals surface area contributed by atoms with Gasteiger partial charge < -0.3 is 4.90 Å². The first kappa shape index (κ1) is 15.8. The summed E-state index contributed by atoms with van der Waals surface area (Å²) < 4.78 is 0. The van der Waals surface area contributed by atoms with Gasteiger partial charge >= 0.3 is 0 Å². The zero-order valence-electron chi connectivity index (χ0n) is 14.5. The van der Waals surface area contributed by atoms with E-state index in [4.69, 9.17) is 0 Å². The first-order valence-electron chi connectivity index (χ1n) is 9.20. The smallest absolute Gasteiger partial charge is 0.225 e. The van der Waals surface area contributed by atoms with E-state index in [2.05, 4.69) is 48.0 Å². The van der Waals surface area contributed by atoms with Gasteiger partial charge in [0.05, 0.1) is 0 Å². The number of hydrogen-bond donors (Lipinski definition) is 0. The van der Waals surface area contributed by atoms with E-state index in [1.165, 1.54) is 44.1 Å². The highest BCUT2D eigenvalue weighted by molar-refractivity contribution is 5.31. The van der Waals surface area contributed by atoms with Gasteiger partial charge in [-0.25, -0.2) is 9.97 Å². The van der Waals surface area contributed by atoms with Crippen LogP contribution in [0.1, 0.15) is 70.8 Å². The van der Waals surface area contributed by atoms with Gasteiger partial charge in [-0.3, -0.25) is 0 Å². The molecule has 122 valence electrons. The van der Waals surface area contributed by atoms with E-state index in [0.29, 0.717) is 5.92 Å². The van der Waals surface area contributed by atoms with Gasteiger partial charge in [-0.2, -0.15) is 0 Å². The molecule has 0 amide bonds. The Balaban J connectivity index is 1.58. The van der Waals surface area contributed by atoms with Gasteiger partial charge in [-0.1, -0.05) is 20.8 Å². The fraction of sp³-hybridized carbons (Fsp3) is 0.789. The molecule has 0 spiro atoms. The maximum Gasteiger partial charge on any atom is 0.225 e. The topological polar surface area (TPSA) is 29.0 Å². The van der Waals surface area contributed by atoms with Crippen LogP contribution in [0, 0.1) is 17.8 Å². The highest BCUT2D eigenvalue weighted by atomic mass is 15.2. The van der Waals surface area contributed by atoms with Crippen LogP contribution in [0.2, 0.25) is 0 Å². The average molecular weight is 301 g/mol. The summed E-state index contributed by atoms with van der Waals surface area (Å²) in [6.07, 6.45) is 12.1. The highest BCUT2D eigenvalue weighted by Crippen LogP contribution is 2.38. The standard InChI is InChI=1S/C19H31N3/c1-14(2)16-4-6-17(7-5-16)18-12-20-19(21-13-18)22-10-8-15(3)9-11-22/h12-17H,4-11H2,1-3H3/t16-,17-. The molecular weight excluding hydrogens is 270 g/mol. The minimum Gasteiger partial charge on any atom is -0.341 e. The van der Waals surface area contributed by atoms with E-state index in [-0.39, 0.29) is 0 Å². The molecule has 1 aromatic rings. The summed E-state index contributed by atoms with van der Waals surface area (Å²) in [7, 11) is 0. The van der Waals surface area contributed by atoms with E-state index in [0.717, 1.165) is 36.8 Å². The van der Waals surface area contributed by atoms with Gasteiger partial charge in [0.2, 0.25) is 5.95 Å². The molecule has 3 heteroatoms. The quantitative estimate of drug-likeness (QED) is 0.814. The fourth-order valence-electron chi connectivity index (χ4n) is 4.03. The van der Waals surface area contributed by atoms with Gasteiger partial charge in [0, 0.05) is 25.5 Å². The summed E-state index contributed by atoms with van der Waals surface area (Å²) in [5, 5.41) is 0. The van der Waals surface area contributed by atoms with Crippen LogP contribution in [0.25, 0.3) is 0 Å². The van der Waals surface area contributed by atoms with Crippen LogP contribution in [0.4, 0.5) is 5.95 Å². The predicted molar refractivity (Wildman–Crippen MR) is 92.2 cm³/mol. The molecule has 0 bridgehead atoms. The van der Waals surface area contributed by atoms with E-state index >= 15 is 0 Å². The van der Waals surface area contributed by atoms with Crippen LogP contribution < -0.4 is 4.90 Å². The van der Waals surface area contributed by atoms with Crippen LogP contribution in [-0.4, -0.2) is 23.1 Å². The number of nitrogens with zero attached hydrogens (tertiary/aromatic N) is 3. The number of aromatic nitrogens is 2. The average Bonchev–Trinajstić information content (AvgIpc) is 2.56. The normalized spacial score (nSPS) is 27.4. The Labute approximate surface area is 135 Å². The number of rotatable bonds is 3. The Morgan fingerprint density at radius 3 is 2.09 bits per heavy atom. The molecule has 1 saturated heterocycles. The summed E-state index contributed by atoms with van der Waals surface area (Å²) >= 11 is 0. The Kier molecular flexibility index (Phi) is 5.00. The van der Waals surface area contributed by atoms with Gasteiger partial charge in [0.1, 0.15) is 0 Å². The second kappa shape index (κ2) is 6.97. The second-order valence-corrected chi connectivity index (χ2v) is 7.84. The number of anilines is 1. The third-order valence-corrected chi connectivity index (χ3v) is 5.91. The van der Waals surface area contributed by atoms with Crippen molar-refractivity contribution in [3.8, 4) is 0 Å². The molecule has 22 heavy (non-hydrogen) atoms. The van der Waals surface area contributed by atoms with Crippen molar-refractivity contribution >= 4 is 5.95 Å². The second-order valence-electron chi connectivity index (χ2n) is 7.84. The molecule has 1 aromatic heterocycles. The van der Waals surface area contributed by atoms with Gasteiger partial charge in [-0.05, 0) is 67.8 Å². The molecule has 1 aliphatic carbocycles. The van der Waals surface area contributed by atoms with Crippen molar-refractivity contribution in [1.29, 1.82) is 0 Å². The summed E-state index contributed by atoms with van der Waals surface area (Å²) in [5.74, 6) is 4.23. The van der Waals surface area contributed by atoms with E-state index in [9.17, 15) is 0 Å². The van der Waals surface area contributed by atoms with Crippen molar-refractivity contribution in [2.45, 2.75) is 65.2 Å². The Hall–Kier alpha value is -1.12. The third kappa shape index (κ3) is 3.61. The molecule has 2 fully saturated rings. The van der Waals surface area contributed by atoms with E-state index in [1.54, 1.807) is 0 Å². The lowest BCUT2D eigenvalue weighted by Gasteiger charge is -2.32. The minimum atomic E-state index is 0.686. The molecule has 3 rings (SSSR count). The van der Waals surface area contributed by atoms with Crippen molar-refractivity contribution < 1.29 is 0 Å². The molecule has 0 N–H and O–H groups in total. The first-order chi connectivity index (χ1) is 10.6. The Bertz CT molecular complexity index is 452. The first-order valence-corrected chi connectivity index (χ1v) is 9.20. The minimum absolute atomic E-state index is 0.686. The van der Waals surface area contributed by atoms with Crippen molar-refractivity contribution in [3.05, 3.63) is 18.0 Å². The molecule has 0 aromatic carbocycles. The van der Waals surface area contributed by atoms with Crippen molar-refractivity contribution in [2.75, 3.05) is 18.0 Å². The predicted octanol–water partition coefficient (Wildman–Crippen LogP) is 4.64. The Morgan fingerprint density at radius 2 is 1.55 bits per heavy atom. The molecular formula is C19H31N3. The van der Waals surface area contributed by atoms with Crippen LogP contribution in [0.5, 0.6) is 0 Å². The monoisotopic (exact) mass is 301 g/mol. The van der Waals surface area contributed by atoms with E-state index < -0.39 is 0 Å². The van der Waals surface area contributed by atoms with Gasteiger partial charge in [-0.15, -0.1) is 0 Å². The summed E-state index contributed by atoms with van der Waals surface area (Å²) in [5.41, 5.74) is 1.36. The molecule has 0 atom stereocenters. The summed E-state index contributed by atoms with van der Waals surface area (Å²) in [4.78, 5) is 11.7. The lowest BCUT2D eigenvalue weighted by Crippen LogP contribution is -2.34. The van der Waals surface area contributed by atoms with Gasteiger partial charge in [0.25, 0.3) is 0 Å². The third-order valence-electron chi connectivity index (χ3n) is 5.91. The van der Waals surface area contributed by atoms with Crippen LogP contribution in [0.3, 0.4) is 0 Å². The number of piperidine rings is 1. The fourth-order valence-corrected chi connectivity index (χ4v) is 4.03. The molecule has 2 heterocycles. The molecule has 3 nitrogen and oxygen atoms in total. The van der Waals surface area contributed by atoms with Crippen molar-refractivity contribution in [3.63, 3.8) is 0 Å². The maximum atomic E-state index is 4.67. The molecule has 1 saturated carbocycles. The summed E-state index contributed by atoms with van der Waals surface area (Å²) in [6, 6.07) is 0. The highest BCUT2D eigenvalue weighted by Gasteiger charge is 2.25. The van der Waals surface area contributed by atoms with Crippen molar-refractivity contribution in [2.24, 2.45) is 17.8 Å². The molecule has 1 aliphatic heterocycles. The Morgan fingerprint density at radius 1 is 0.955 bits per heavy atom.